The highest BCUT2D eigenvalue weighted by Gasteiger charge is 2.34. The minimum atomic E-state index is -4.42. The van der Waals surface area contributed by atoms with E-state index in [1.807, 2.05) is 6.92 Å². The van der Waals surface area contributed by atoms with E-state index < -0.39 is 11.9 Å². The first-order chi connectivity index (χ1) is 8.88. The molecule has 7 heteroatoms. The quantitative estimate of drug-likeness (QED) is 0.892. The predicted octanol–water partition coefficient (Wildman–Crippen LogP) is 1.77. The molecule has 1 aromatic heterocycles. The Balaban J connectivity index is 2.26. The summed E-state index contributed by atoms with van der Waals surface area (Å²) < 4.78 is 38.2. The van der Waals surface area contributed by atoms with Gasteiger partial charge in [0.05, 0.1) is 6.04 Å². The van der Waals surface area contributed by atoms with Gasteiger partial charge in [-0.15, -0.1) is 0 Å². The highest BCUT2D eigenvalue weighted by atomic mass is 19.4. The van der Waals surface area contributed by atoms with Gasteiger partial charge in [-0.1, -0.05) is 0 Å². The summed E-state index contributed by atoms with van der Waals surface area (Å²) in [6, 6.07) is 0.775. The molecule has 2 rings (SSSR count). The molecule has 0 spiro atoms. The number of alkyl halides is 3. The Morgan fingerprint density at radius 1 is 1.26 bits per heavy atom. The molecule has 0 radical (unpaired) electrons. The molecule has 0 aliphatic carbocycles. The topological polar surface area (TPSA) is 41.1 Å². The van der Waals surface area contributed by atoms with Gasteiger partial charge in [-0.3, -0.25) is 4.90 Å². The van der Waals surface area contributed by atoms with Crippen molar-refractivity contribution in [2.75, 3.05) is 26.2 Å². The minimum absolute atomic E-state index is 0.205. The molecule has 1 N–H and O–H groups in total. The maximum absolute atomic E-state index is 12.7. The summed E-state index contributed by atoms with van der Waals surface area (Å²) in [5, 5.41) is 3.21. The first kappa shape index (κ1) is 14.2. The Bertz CT molecular complexity index is 441. The van der Waals surface area contributed by atoms with Crippen LogP contribution in [-0.4, -0.2) is 41.0 Å². The number of aromatic nitrogens is 2. The normalized spacial score (nSPS) is 19.4. The van der Waals surface area contributed by atoms with Gasteiger partial charge in [-0.05, 0) is 19.9 Å². The molecule has 1 atom stereocenters. The molecule has 1 fully saturated rings. The minimum Gasteiger partial charge on any atom is -0.314 e. The Labute approximate surface area is 110 Å². The van der Waals surface area contributed by atoms with Crippen molar-refractivity contribution in [2.24, 2.45) is 0 Å². The molecular weight excluding hydrogens is 257 g/mol. The SMILES string of the molecule is Cc1cc(C(F)(F)F)nc(C(C)N2CCNCC2)n1. The first-order valence-corrected chi connectivity index (χ1v) is 6.25. The van der Waals surface area contributed by atoms with Crippen LogP contribution >= 0.6 is 0 Å². The standard InChI is InChI=1S/C12H17F3N4/c1-8-7-10(12(13,14)15)18-11(17-8)9(2)19-5-3-16-4-6-19/h7,9,16H,3-6H2,1-2H3. The highest BCUT2D eigenvalue weighted by molar-refractivity contribution is 5.14. The van der Waals surface area contributed by atoms with E-state index in [2.05, 4.69) is 20.2 Å². The van der Waals surface area contributed by atoms with Gasteiger partial charge in [-0.2, -0.15) is 13.2 Å². The number of rotatable bonds is 2. The van der Waals surface area contributed by atoms with Crippen LogP contribution in [-0.2, 0) is 6.18 Å². The summed E-state index contributed by atoms with van der Waals surface area (Å²) in [4.78, 5) is 9.92. The van der Waals surface area contributed by atoms with Gasteiger partial charge < -0.3 is 5.32 Å². The summed E-state index contributed by atoms with van der Waals surface area (Å²) in [6.07, 6.45) is -4.42. The molecule has 0 aromatic carbocycles. The van der Waals surface area contributed by atoms with Crippen molar-refractivity contribution in [1.82, 2.24) is 20.2 Å². The third-order valence-electron chi connectivity index (χ3n) is 3.23. The average Bonchev–Trinajstić information content (AvgIpc) is 2.37. The lowest BCUT2D eigenvalue weighted by atomic mass is 10.2. The van der Waals surface area contributed by atoms with Gasteiger partial charge in [0.2, 0.25) is 0 Å². The molecule has 1 aromatic rings. The average molecular weight is 274 g/mol. The third kappa shape index (κ3) is 3.42. The molecule has 106 valence electrons. The molecule has 1 unspecified atom stereocenters. The van der Waals surface area contributed by atoms with Crippen LogP contribution in [0.2, 0.25) is 0 Å². The van der Waals surface area contributed by atoms with Crippen LogP contribution in [0.1, 0.15) is 30.2 Å². The van der Waals surface area contributed by atoms with Crippen molar-refractivity contribution in [2.45, 2.75) is 26.1 Å². The van der Waals surface area contributed by atoms with Gasteiger partial charge in [0.25, 0.3) is 0 Å². The zero-order chi connectivity index (χ0) is 14.0. The fourth-order valence-electron chi connectivity index (χ4n) is 2.16. The molecule has 19 heavy (non-hydrogen) atoms. The van der Waals surface area contributed by atoms with Crippen LogP contribution < -0.4 is 5.32 Å². The zero-order valence-electron chi connectivity index (χ0n) is 11.0. The van der Waals surface area contributed by atoms with Crippen LogP contribution in [0.3, 0.4) is 0 Å². The van der Waals surface area contributed by atoms with E-state index in [-0.39, 0.29) is 11.9 Å². The van der Waals surface area contributed by atoms with Crippen LogP contribution in [0.5, 0.6) is 0 Å². The lowest BCUT2D eigenvalue weighted by molar-refractivity contribution is -0.141. The second-order valence-electron chi connectivity index (χ2n) is 4.71. The number of halogens is 3. The van der Waals surface area contributed by atoms with Crippen molar-refractivity contribution in [3.8, 4) is 0 Å². The van der Waals surface area contributed by atoms with Crippen molar-refractivity contribution in [1.29, 1.82) is 0 Å². The lowest BCUT2D eigenvalue weighted by Gasteiger charge is -2.32. The number of aryl methyl sites for hydroxylation is 1. The largest absolute Gasteiger partial charge is 0.433 e. The maximum atomic E-state index is 12.7. The van der Waals surface area contributed by atoms with Crippen molar-refractivity contribution in [3.63, 3.8) is 0 Å². The van der Waals surface area contributed by atoms with Crippen molar-refractivity contribution in [3.05, 3.63) is 23.3 Å². The van der Waals surface area contributed by atoms with E-state index >= 15 is 0 Å². The summed E-state index contributed by atoms with van der Waals surface area (Å²) in [5.74, 6) is 0.245. The molecule has 0 amide bonds. The van der Waals surface area contributed by atoms with Crippen molar-refractivity contribution >= 4 is 0 Å². The molecule has 1 aliphatic heterocycles. The lowest BCUT2D eigenvalue weighted by Crippen LogP contribution is -2.44. The van der Waals surface area contributed by atoms with Gasteiger partial charge in [0, 0.05) is 31.9 Å². The van der Waals surface area contributed by atoms with Gasteiger partial charge >= 0.3 is 6.18 Å². The molecule has 0 bridgehead atoms. The third-order valence-corrected chi connectivity index (χ3v) is 3.23. The van der Waals surface area contributed by atoms with Crippen LogP contribution in [0, 0.1) is 6.92 Å². The Kier molecular flexibility index (Phi) is 4.05. The Morgan fingerprint density at radius 3 is 2.47 bits per heavy atom. The fourth-order valence-corrected chi connectivity index (χ4v) is 2.16. The van der Waals surface area contributed by atoms with Gasteiger partial charge in [0.15, 0.2) is 0 Å². The highest BCUT2D eigenvalue weighted by Crippen LogP contribution is 2.29. The van der Waals surface area contributed by atoms with Crippen LogP contribution in [0.25, 0.3) is 0 Å². The maximum Gasteiger partial charge on any atom is 0.433 e. The predicted molar refractivity (Wildman–Crippen MR) is 64.6 cm³/mol. The molecule has 1 saturated heterocycles. The monoisotopic (exact) mass is 274 g/mol. The summed E-state index contributed by atoms with van der Waals surface area (Å²) in [5.41, 5.74) is -0.517. The Morgan fingerprint density at radius 2 is 1.89 bits per heavy atom. The summed E-state index contributed by atoms with van der Waals surface area (Å²) in [7, 11) is 0. The van der Waals surface area contributed by atoms with Crippen molar-refractivity contribution < 1.29 is 13.2 Å². The summed E-state index contributed by atoms with van der Waals surface area (Å²) >= 11 is 0. The van der Waals surface area contributed by atoms with Crippen LogP contribution in [0.4, 0.5) is 13.2 Å². The van der Waals surface area contributed by atoms with E-state index in [4.69, 9.17) is 0 Å². The van der Waals surface area contributed by atoms with Crippen LogP contribution in [0.15, 0.2) is 6.07 Å². The van der Waals surface area contributed by atoms with E-state index in [0.29, 0.717) is 5.69 Å². The summed E-state index contributed by atoms with van der Waals surface area (Å²) in [6.45, 7) is 6.66. The molecule has 2 heterocycles. The number of nitrogens with zero attached hydrogens (tertiary/aromatic N) is 3. The molecular formula is C12H17F3N4. The second-order valence-corrected chi connectivity index (χ2v) is 4.71. The van der Waals surface area contributed by atoms with Gasteiger partial charge in [-0.25, -0.2) is 9.97 Å². The fraction of sp³-hybridized carbons (Fsp3) is 0.667. The van der Waals surface area contributed by atoms with E-state index in [1.54, 1.807) is 6.92 Å². The first-order valence-electron chi connectivity index (χ1n) is 6.25. The molecule has 0 saturated carbocycles. The molecule has 1 aliphatic rings. The second kappa shape index (κ2) is 5.42. The number of hydrogen-bond donors (Lipinski definition) is 1. The van der Waals surface area contributed by atoms with Gasteiger partial charge in [0.1, 0.15) is 11.5 Å². The van der Waals surface area contributed by atoms with E-state index in [0.717, 1.165) is 32.2 Å². The smallest absolute Gasteiger partial charge is 0.314 e. The number of hydrogen-bond acceptors (Lipinski definition) is 4. The molecule has 4 nitrogen and oxygen atoms in total. The zero-order valence-corrected chi connectivity index (χ0v) is 11.0. The number of piperazine rings is 1. The number of nitrogens with one attached hydrogen (secondary N) is 1. The van der Waals surface area contributed by atoms with E-state index in [9.17, 15) is 13.2 Å². The Hall–Kier alpha value is -1.21. The van der Waals surface area contributed by atoms with E-state index in [1.165, 1.54) is 0 Å².